The van der Waals surface area contributed by atoms with Gasteiger partial charge in [0, 0.05) is 0 Å². The van der Waals surface area contributed by atoms with Crippen LogP contribution in [0.1, 0.15) is 23.3 Å². The van der Waals surface area contributed by atoms with Gasteiger partial charge < -0.3 is 14.9 Å². The molecule has 7 heteroatoms. The molecule has 104 valence electrons. The normalized spacial score (nSPS) is 11.8. The van der Waals surface area contributed by atoms with E-state index in [4.69, 9.17) is 4.74 Å². The number of imidazole rings is 1. The molecular weight excluding hydrogens is 262 g/mol. The van der Waals surface area contributed by atoms with Crippen LogP contribution in [-0.2, 0) is 4.74 Å². The summed E-state index contributed by atoms with van der Waals surface area (Å²) in [7, 11) is 0. The summed E-state index contributed by atoms with van der Waals surface area (Å²) in [5, 5.41) is 10.8. The molecule has 2 aromatic rings. The molecule has 1 atom stereocenters. The third-order valence-electron chi connectivity index (χ3n) is 2.77. The van der Waals surface area contributed by atoms with Crippen molar-refractivity contribution in [1.82, 2.24) is 9.55 Å². The maximum absolute atomic E-state index is 11.8. The van der Waals surface area contributed by atoms with Crippen LogP contribution >= 0.6 is 0 Å². The Morgan fingerprint density at radius 2 is 2.15 bits per heavy atom. The van der Waals surface area contributed by atoms with Gasteiger partial charge in [-0.25, -0.2) is 14.3 Å². The molecule has 0 aliphatic rings. The molecule has 0 saturated heterocycles. The minimum absolute atomic E-state index is 0.0327. The van der Waals surface area contributed by atoms with E-state index in [1.807, 2.05) is 0 Å². The van der Waals surface area contributed by atoms with E-state index >= 15 is 0 Å². The molecule has 0 fully saturated rings. The Morgan fingerprint density at radius 1 is 1.45 bits per heavy atom. The Morgan fingerprint density at radius 3 is 2.80 bits per heavy atom. The second-order valence-corrected chi connectivity index (χ2v) is 4.23. The molecular formula is C13H13N3O4. The Balaban J connectivity index is 1.99. The number of nitro groups is 1. The number of benzene rings is 1. The Bertz CT molecular complexity index is 609. The summed E-state index contributed by atoms with van der Waals surface area (Å²) in [6.07, 6.45) is 2.51. The summed E-state index contributed by atoms with van der Waals surface area (Å²) >= 11 is 0. The van der Waals surface area contributed by atoms with E-state index < -0.39 is 10.9 Å². The predicted octanol–water partition coefficient (Wildman–Crippen LogP) is 2.21. The second kappa shape index (κ2) is 5.96. The van der Waals surface area contributed by atoms with E-state index in [1.165, 1.54) is 10.9 Å². The number of aromatic nitrogens is 2. The third-order valence-corrected chi connectivity index (χ3v) is 2.77. The van der Waals surface area contributed by atoms with E-state index in [1.54, 1.807) is 37.3 Å². The molecule has 0 radical (unpaired) electrons. The van der Waals surface area contributed by atoms with Crippen LogP contribution in [0.15, 0.2) is 42.9 Å². The van der Waals surface area contributed by atoms with Crippen LogP contribution < -0.4 is 0 Å². The van der Waals surface area contributed by atoms with Crippen molar-refractivity contribution < 1.29 is 14.5 Å². The molecule has 0 aliphatic heterocycles. The summed E-state index contributed by atoms with van der Waals surface area (Å²) in [5.41, 5.74) is 0.444. The van der Waals surface area contributed by atoms with Crippen LogP contribution in [0, 0.1) is 10.1 Å². The fourth-order valence-corrected chi connectivity index (χ4v) is 1.71. The van der Waals surface area contributed by atoms with Crippen molar-refractivity contribution in [2.75, 3.05) is 6.61 Å². The van der Waals surface area contributed by atoms with Gasteiger partial charge in [-0.3, -0.25) is 0 Å². The van der Waals surface area contributed by atoms with Crippen LogP contribution in [0.5, 0.6) is 0 Å². The quantitative estimate of drug-likeness (QED) is 0.474. The van der Waals surface area contributed by atoms with Gasteiger partial charge in [0.2, 0.25) is 0 Å². The maximum Gasteiger partial charge on any atom is 0.342 e. The predicted molar refractivity (Wildman–Crippen MR) is 70.3 cm³/mol. The van der Waals surface area contributed by atoms with Crippen LogP contribution in [0.3, 0.4) is 0 Å². The van der Waals surface area contributed by atoms with Crippen molar-refractivity contribution in [1.29, 1.82) is 0 Å². The molecule has 7 nitrogen and oxygen atoms in total. The van der Waals surface area contributed by atoms with E-state index in [0.29, 0.717) is 5.56 Å². The molecule has 1 aromatic heterocycles. The highest BCUT2D eigenvalue weighted by Crippen LogP contribution is 2.17. The molecule has 0 N–H and O–H groups in total. The molecule has 1 heterocycles. The van der Waals surface area contributed by atoms with Crippen molar-refractivity contribution in [3.8, 4) is 0 Å². The van der Waals surface area contributed by atoms with Gasteiger partial charge in [0.1, 0.15) is 18.8 Å². The minimum atomic E-state index is -0.525. The minimum Gasteiger partial charge on any atom is -0.458 e. The van der Waals surface area contributed by atoms with Gasteiger partial charge in [0.25, 0.3) is 0 Å². The number of rotatable bonds is 5. The van der Waals surface area contributed by atoms with E-state index in [-0.39, 0.29) is 18.5 Å². The van der Waals surface area contributed by atoms with Crippen molar-refractivity contribution in [2.45, 2.75) is 13.0 Å². The number of ether oxygens (including phenoxy) is 1. The summed E-state index contributed by atoms with van der Waals surface area (Å²) < 4.78 is 6.50. The van der Waals surface area contributed by atoms with Gasteiger partial charge in [0.15, 0.2) is 6.33 Å². The Hall–Kier alpha value is -2.70. The van der Waals surface area contributed by atoms with Crippen LogP contribution in [0.2, 0.25) is 0 Å². The first-order valence-corrected chi connectivity index (χ1v) is 5.98. The second-order valence-electron chi connectivity index (χ2n) is 4.23. The van der Waals surface area contributed by atoms with Crippen molar-refractivity contribution in [3.63, 3.8) is 0 Å². The molecule has 20 heavy (non-hydrogen) atoms. The first-order valence-electron chi connectivity index (χ1n) is 5.98. The number of nitrogens with zero attached hydrogens (tertiary/aromatic N) is 3. The lowest BCUT2D eigenvalue weighted by molar-refractivity contribution is -0.392. The number of hydrogen-bond acceptors (Lipinski definition) is 5. The van der Waals surface area contributed by atoms with Crippen LogP contribution in [0.25, 0.3) is 0 Å². The van der Waals surface area contributed by atoms with Gasteiger partial charge in [-0.05, 0) is 24.0 Å². The molecule has 0 aliphatic carbocycles. The first-order chi connectivity index (χ1) is 9.59. The standard InChI is InChI=1S/C13H13N3O4/c1-10(15-9-14-7-12(15)16(18)19)8-20-13(17)11-5-3-2-4-6-11/h2-7,9-10H,8H2,1H3. The lowest BCUT2D eigenvalue weighted by atomic mass is 10.2. The van der Waals surface area contributed by atoms with Gasteiger partial charge in [-0.2, -0.15) is 0 Å². The van der Waals surface area contributed by atoms with E-state index in [0.717, 1.165) is 6.20 Å². The maximum atomic E-state index is 11.8. The van der Waals surface area contributed by atoms with Gasteiger partial charge in [0.05, 0.1) is 5.56 Å². The number of esters is 1. The highest BCUT2D eigenvalue weighted by molar-refractivity contribution is 5.89. The number of hydrogen-bond donors (Lipinski definition) is 0. The SMILES string of the molecule is CC(COC(=O)c1ccccc1)n1cncc1[N+](=O)[O-]. The monoisotopic (exact) mass is 275 g/mol. The van der Waals surface area contributed by atoms with Crippen molar-refractivity contribution in [3.05, 3.63) is 58.5 Å². The molecule has 0 saturated carbocycles. The van der Waals surface area contributed by atoms with Gasteiger partial charge in [-0.1, -0.05) is 18.2 Å². The highest BCUT2D eigenvalue weighted by Gasteiger charge is 2.20. The lowest BCUT2D eigenvalue weighted by Crippen LogP contribution is -2.16. The molecule has 1 unspecified atom stereocenters. The van der Waals surface area contributed by atoms with E-state index in [2.05, 4.69) is 4.98 Å². The van der Waals surface area contributed by atoms with Crippen LogP contribution in [-0.4, -0.2) is 27.1 Å². The first kappa shape index (κ1) is 13.7. The van der Waals surface area contributed by atoms with Gasteiger partial charge >= 0.3 is 11.8 Å². The summed E-state index contributed by atoms with van der Waals surface area (Å²) in [6.45, 7) is 1.75. The zero-order chi connectivity index (χ0) is 14.5. The topological polar surface area (TPSA) is 87.3 Å². The molecule has 2 rings (SSSR count). The zero-order valence-corrected chi connectivity index (χ0v) is 10.8. The largest absolute Gasteiger partial charge is 0.458 e. The molecule has 0 amide bonds. The fourth-order valence-electron chi connectivity index (χ4n) is 1.71. The molecule has 0 bridgehead atoms. The van der Waals surface area contributed by atoms with Gasteiger partial charge in [-0.15, -0.1) is 0 Å². The molecule has 0 spiro atoms. The summed E-state index contributed by atoms with van der Waals surface area (Å²) in [4.78, 5) is 25.7. The Labute approximate surface area is 115 Å². The van der Waals surface area contributed by atoms with Crippen molar-refractivity contribution in [2.24, 2.45) is 0 Å². The lowest BCUT2D eigenvalue weighted by Gasteiger charge is -2.10. The van der Waals surface area contributed by atoms with Crippen molar-refractivity contribution >= 4 is 11.8 Å². The third kappa shape index (κ3) is 3.00. The zero-order valence-electron chi connectivity index (χ0n) is 10.8. The summed E-state index contributed by atoms with van der Waals surface area (Å²) in [5.74, 6) is -0.589. The molecule has 1 aromatic carbocycles. The summed E-state index contributed by atoms with van der Waals surface area (Å²) in [6, 6.07) is 8.19. The van der Waals surface area contributed by atoms with E-state index in [9.17, 15) is 14.9 Å². The number of carbonyl (C=O) groups is 1. The van der Waals surface area contributed by atoms with Crippen LogP contribution in [0.4, 0.5) is 5.82 Å². The number of carbonyl (C=O) groups excluding carboxylic acids is 1. The highest BCUT2D eigenvalue weighted by atomic mass is 16.6. The average Bonchev–Trinajstić information content (AvgIpc) is 2.95. The average molecular weight is 275 g/mol. The smallest absolute Gasteiger partial charge is 0.342 e. The fraction of sp³-hybridized carbons (Fsp3) is 0.231. The Kier molecular flexibility index (Phi) is 4.09.